The van der Waals surface area contributed by atoms with Gasteiger partial charge in [-0.3, -0.25) is 9.36 Å². The van der Waals surface area contributed by atoms with Gasteiger partial charge in [-0.2, -0.15) is 0 Å². The van der Waals surface area contributed by atoms with Crippen LogP contribution in [0.25, 0.3) is 11.1 Å². The fourth-order valence-corrected chi connectivity index (χ4v) is 2.50. The SMILES string of the molecule is Nc1cccc2oc(=O)n(CC(=O)N3CCCC3)c12. The molecule has 0 atom stereocenters. The molecule has 1 aromatic heterocycles. The van der Waals surface area contributed by atoms with Crippen LogP contribution in [0.15, 0.2) is 27.4 Å². The van der Waals surface area contributed by atoms with Crippen LogP contribution in [0.2, 0.25) is 0 Å². The van der Waals surface area contributed by atoms with Crippen molar-refractivity contribution in [1.82, 2.24) is 9.47 Å². The number of oxazole rings is 1. The molecule has 6 nitrogen and oxygen atoms in total. The predicted molar refractivity (Wildman–Crippen MR) is 70.7 cm³/mol. The summed E-state index contributed by atoms with van der Waals surface area (Å²) in [7, 11) is 0. The number of hydrogen-bond donors (Lipinski definition) is 1. The molecule has 0 bridgehead atoms. The first-order valence-electron chi connectivity index (χ1n) is 6.32. The minimum absolute atomic E-state index is 0.0138. The number of benzene rings is 1. The fraction of sp³-hybridized carbons (Fsp3) is 0.385. The van der Waals surface area contributed by atoms with Crippen molar-refractivity contribution in [3.8, 4) is 0 Å². The fourth-order valence-electron chi connectivity index (χ4n) is 2.50. The smallest absolute Gasteiger partial charge is 0.408 e. The Hall–Kier alpha value is -2.24. The Labute approximate surface area is 109 Å². The Balaban J connectivity index is 1.98. The van der Waals surface area contributed by atoms with E-state index in [0.29, 0.717) is 16.8 Å². The van der Waals surface area contributed by atoms with E-state index < -0.39 is 5.76 Å². The second kappa shape index (κ2) is 4.46. The van der Waals surface area contributed by atoms with E-state index in [-0.39, 0.29) is 12.5 Å². The number of carbonyl (C=O) groups excluding carboxylic acids is 1. The van der Waals surface area contributed by atoms with Gasteiger partial charge < -0.3 is 15.1 Å². The van der Waals surface area contributed by atoms with Gasteiger partial charge in [0.1, 0.15) is 12.1 Å². The Morgan fingerprint density at radius 1 is 1.32 bits per heavy atom. The number of amides is 1. The lowest BCUT2D eigenvalue weighted by atomic mass is 10.3. The number of anilines is 1. The van der Waals surface area contributed by atoms with Gasteiger partial charge >= 0.3 is 5.76 Å². The normalized spacial score (nSPS) is 15.3. The van der Waals surface area contributed by atoms with E-state index in [1.165, 1.54) is 4.57 Å². The minimum atomic E-state index is -0.541. The monoisotopic (exact) mass is 261 g/mol. The summed E-state index contributed by atoms with van der Waals surface area (Å²) >= 11 is 0. The van der Waals surface area contributed by atoms with Crippen LogP contribution in [0, 0.1) is 0 Å². The van der Waals surface area contributed by atoms with E-state index in [2.05, 4.69) is 0 Å². The molecule has 3 rings (SSSR count). The Morgan fingerprint density at radius 2 is 2.05 bits per heavy atom. The first-order chi connectivity index (χ1) is 9.16. The first kappa shape index (κ1) is 11.8. The van der Waals surface area contributed by atoms with Gasteiger partial charge in [-0.15, -0.1) is 0 Å². The molecule has 1 aliphatic heterocycles. The van der Waals surface area contributed by atoms with E-state index >= 15 is 0 Å². The van der Waals surface area contributed by atoms with Gasteiger partial charge in [0.15, 0.2) is 5.58 Å². The number of likely N-dealkylation sites (tertiary alicyclic amines) is 1. The third-order valence-electron chi connectivity index (χ3n) is 3.47. The summed E-state index contributed by atoms with van der Waals surface area (Å²) in [6, 6.07) is 5.07. The molecule has 6 heteroatoms. The second-order valence-electron chi connectivity index (χ2n) is 4.74. The Bertz CT molecular complexity index is 680. The molecule has 0 saturated carbocycles. The molecule has 100 valence electrons. The zero-order valence-electron chi connectivity index (χ0n) is 10.5. The predicted octanol–water partition coefficient (Wildman–Crippen LogP) is 0.799. The molecular formula is C13H15N3O3. The molecule has 2 aromatic rings. The lowest BCUT2D eigenvalue weighted by molar-refractivity contribution is -0.130. The Kier molecular flexibility index (Phi) is 2.77. The van der Waals surface area contributed by atoms with Crippen LogP contribution in [-0.4, -0.2) is 28.5 Å². The van der Waals surface area contributed by atoms with Crippen molar-refractivity contribution in [2.75, 3.05) is 18.8 Å². The third kappa shape index (κ3) is 1.99. The molecule has 1 amide bonds. The maximum Gasteiger partial charge on any atom is 0.420 e. The second-order valence-corrected chi connectivity index (χ2v) is 4.74. The van der Waals surface area contributed by atoms with Crippen LogP contribution in [0.3, 0.4) is 0 Å². The summed E-state index contributed by atoms with van der Waals surface area (Å²) in [6.07, 6.45) is 2.05. The van der Waals surface area contributed by atoms with Gasteiger partial charge in [0, 0.05) is 13.1 Å². The number of aromatic nitrogens is 1. The number of carbonyl (C=O) groups is 1. The van der Waals surface area contributed by atoms with Crippen molar-refractivity contribution < 1.29 is 9.21 Å². The van der Waals surface area contributed by atoms with E-state index in [4.69, 9.17) is 10.2 Å². The summed E-state index contributed by atoms with van der Waals surface area (Å²) in [6.45, 7) is 1.51. The lowest BCUT2D eigenvalue weighted by Gasteiger charge is -2.15. The summed E-state index contributed by atoms with van der Waals surface area (Å²) < 4.78 is 6.41. The molecule has 0 unspecified atom stereocenters. The molecule has 2 heterocycles. The standard InChI is InChI=1S/C13H15N3O3/c14-9-4-3-5-10-12(9)16(13(18)19-10)8-11(17)15-6-1-2-7-15/h3-5H,1-2,6-8,14H2. The topological polar surface area (TPSA) is 81.5 Å². The van der Waals surface area contributed by atoms with E-state index in [1.807, 2.05) is 0 Å². The van der Waals surface area contributed by atoms with E-state index in [0.717, 1.165) is 25.9 Å². The van der Waals surface area contributed by atoms with Crippen LogP contribution < -0.4 is 11.5 Å². The zero-order valence-corrected chi connectivity index (χ0v) is 10.5. The average Bonchev–Trinajstić information content (AvgIpc) is 2.99. The lowest BCUT2D eigenvalue weighted by Crippen LogP contribution is -2.33. The molecule has 1 saturated heterocycles. The van der Waals surface area contributed by atoms with Crippen molar-refractivity contribution >= 4 is 22.7 Å². The van der Waals surface area contributed by atoms with Crippen molar-refractivity contribution in [3.05, 3.63) is 28.7 Å². The molecule has 1 aromatic carbocycles. The van der Waals surface area contributed by atoms with Gasteiger partial charge in [-0.1, -0.05) is 6.07 Å². The third-order valence-corrected chi connectivity index (χ3v) is 3.47. The summed E-state index contributed by atoms with van der Waals surface area (Å²) in [5.41, 5.74) is 7.21. The van der Waals surface area contributed by atoms with Crippen molar-refractivity contribution in [3.63, 3.8) is 0 Å². The highest BCUT2D eigenvalue weighted by Gasteiger charge is 2.21. The summed E-state index contributed by atoms with van der Waals surface area (Å²) in [4.78, 5) is 25.7. The number of nitrogens with zero attached hydrogens (tertiary/aromatic N) is 2. The molecule has 1 fully saturated rings. The highest BCUT2D eigenvalue weighted by Crippen LogP contribution is 2.20. The Morgan fingerprint density at radius 3 is 2.79 bits per heavy atom. The first-order valence-corrected chi connectivity index (χ1v) is 6.32. The highest BCUT2D eigenvalue weighted by atomic mass is 16.4. The highest BCUT2D eigenvalue weighted by molar-refractivity contribution is 5.87. The van der Waals surface area contributed by atoms with Crippen LogP contribution in [-0.2, 0) is 11.3 Å². The number of rotatable bonds is 2. The van der Waals surface area contributed by atoms with Gasteiger partial charge in [0.05, 0.1) is 5.69 Å². The number of hydrogen-bond acceptors (Lipinski definition) is 4. The summed E-state index contributed by atoms with van der Waals surface area (Å²) in [5.74, 6) is -0.606. The number of nitrogens with two attached hydrogens (primary N) is 1. The van der Waals surface area contributed by atoms with Crippen LogP contribution in [0.5, 0.6) is 0 Å². The maximum absolute atomic E-state index is 12.1. The van der Waals surface area contributed by atoms with Gasteiger partial charge in [-0.05, 0) is 25.0 Å². The number of fused-ring (bicyclic) bond motifs is 1. The molecule has 2 N–H and O–H groups in total. The van der Waals surface area contributed by atoms with Crippen molar-refractivity contribution in [2.45, 2.75) is 19.4 Å². The molecule has 19 heavy (non-hydrogen) atoms. The largest absolute Gasteiger partial charge is 0.420 e. The van der Waals surface area contributed by atoms with E-state index in [9.17, 15) is 9.59 Å². The maximum atomic E-state index is 12.1. The van der Waals surface area contributed by atoms with Gasteiger partial charge in [-0.25, -0.2) is 4.79 Å². The quantitative estimate of drug-likeness (QED) is 0.811. The average molecular weight is 261 g/mol. The number of para-hydroxylation sites is 1. The molecule has 0 spiro atoms. The molecule has 1 aliphatic rings. The van der Waals surface area contributed by atoms with Gasteiger partial charge in [0.2, 0.25) is 5.91 Å². The van der Waals surface area contributed by atoms with Crippen LogP contribution in [0.1, 0.15) is 12.8 Å². The van der Waals surface area contributed by atoms with Crippen LogP contribution in [0.4, 0.5) is 5.69 Å². The van der Waals surface area contributed by atoms with Gasteiger partial charge in [0.25, 0.3) is 0 Å². The van der Waals surface area contributed by atoms with Crippen molar-refractivity contribution in [2.24, 2.45) is 0 Å². The number of nitrogen functional groups attached to an aromatic ring is 1. The summed E-state index contributed by atoms with van der Waals surface area (Å²) in [5, 5.41) is 0. The zero-order chi connectivity index (χ0) is 13.4. The molecule has 0 radical (unpaired) electrons. The van der Waals surface area contributed by atoms with Crippen LogP contribution >= 0.6 is 0 Å². The molecular weight excluding hydrogens is 246 g/mol. The minimum Gasteiger partial charge on any atom is -0.408 e. The van der Waals surface area contributed by atoms with Crippen molar-refractivity contribution in [1.29, 1.82) is 0 Å². The molecule has 0 aliphatic carbocycles. The van der Waals surface area contributed by atoms with E-state index in [1.54, 1.807) is 23.1 Å².